The molecule has 1 aromatic carbocycles. The summed E-state index contributed by atoms with van der Waals surface area (Å²) in [6.07, 6.45) is 3.13. The summed E-state index contributed by atoms with van der Waals surface area (Å²) in [7, 11) is 0. The molecule has 0 unspecified atom stereocenters. The predicted octanol–water partition coefficient (Wildman–Crippen LogP) is 3.50. The van der Waals surface area contributed by atoms with E-state index in [0.29, 0.717) is 10.7 Å². The third-order valence-corrected chi connectivity index (χ3v) is 7.30. The average Bonchev–Trinajstić information content (AvgIpc) is 3.51. The molecule has 1 fully saturated rings. The lowest BCUT2D eigenvalue weighted by molar-refractivity contribution is 0.839. The number of rotatable bonds is 6. The van der Waals surface area contributed by atoms with Crippen LogP contribution in [0.25, 0.3) is 10.6 Å². The molecule has 10 heteroatoms. The number of benzene rings is 1. The number of fused-ring (bicyclic) bond motifs is 1. The van der Waals surface area contributed by atoms with Gasteiger partial charge in [0.2, 0.25) is 10.9 Å². The Balaban J connectivity index is 1.47. The molecule has 160 valence electrons. The van der Waals surface area contributed by atoms with Gasteiger partial charge in [-0.1, -0.05) is 47.7 Å². The van der Waals surface area contributed by atoms with Crippen LogP contribution in [0.3, 0.4) is 0 Å². The lowest BCUT2D eigenvalue weighted by atomic mass is 10.2. The summed E-state index contributed by atoms with van der Waals surface area (Å²) in [6.45, 7) is 6.09. The highest BCUT2D eigenvalue weighted by molar-refractivity contribution is 7.98. The van der Waals surface area contributed by atoms with Gasteiger partial charge in [-0.15, -0.1) is 10.2 Å². The molecule has 0 N–H and O–H groups in total. The van der Waals surface area contributed by atoms with Crippen LogP contribution in [0.15, 0.2) is 40.3 Å². The Bertz CT molecular complexity index is 1270. The van der Waals surface area contributed by atoms with Crippen molar-refractivity contribution in [2.75, 3.05) is 18.0 Å². The van der Waals surface area contributed by atoms with Crippen LogP contribution >= 0.6 is 23.1 Å². The van der Waals surface area contributed by atoms with E-state index in [-0.39, 0.29) is 5.56 Å². The fraction of sp³-hybridized carbons (Fsp3) is 0.381. The van der Waals surface area contributed by atoms with Crippen LogP contribution in [-0.2, 0) is 12.2 Å². The zero-order chi connectivity index (χ0) is 21.4. The molecule has 1 aliphatic rings. The van der Waals surface area contributed by atoms with E-state index < -0.39 is 0 Å². The number of thioether (sulfide) groups is 1. The van der Waals surface area contributed by atoms with Crippen LogP contribution in [0.1, 0.15) is 36.0 Å². The molecule has 0 radical (unpaired) electrons. The lowest BCUT2D eigenvalue weighted by Gasteiger charge is -2.18. The summed E-state index contributed by atoms with van der Waals surface area (Å²) in [5.74, 6) is 1.41. The molecule has 8 nitrogen and oxygen atoms in total. The van der Waals surface area contributed by atoms with Gasteiger partial charge in [0, 0.05) is 24.9 Å². The van der Waals surface area contributed by atoms with Gasteiger partial charge in [-0.25, -0.2) is 4.98 Å². The van der Waals surface area contributed by atoms with Crippen LogP contribution in [0.4, 0.5) is 5.95 Å². The highest BCUT2D eigenvalue weighted by Crippen LogP contribution is 2.30. The zero-order valence-electron chi connectivity index (χ0n) is 17.5. The molecule has 4 heterocycles. The molecular formula is C21H23N7OS2. The minimum absolute atomic E-state index is 0.144. The molecule has 0 bridgehead atoms. The maximum Gasteiger partial charge on any atom is 0.275 e. The lowest BCUT2D eigenvalue weighted by Crippen LogP contribution is -2.22. The molecule has 1 saturated heterocycles. The molecule has 3 aromatic heterocycles. The second-order valence-corrected chi connectivity index (χ2v) is 9.55. The summed E-state index contributed by atoms with van der Waals surface area (Å²) in [4.78, 5) is 20.0. The predicted molar refractivity (Wildman–Crippen MR) is 124 cm³/mol. The summed E-state index contributed by atoms with van der Waals surface area (Å²) in [5.41, 5.74) is 2.83. The Kier molecular flexibility index (Phi) is 5.49. The standard InChI is InChI=1S/C21H23N7OS2/c1-3-17-25-28-18(29)12-15(22-20(28)31-17)13-30-21-24-23-19(26-10-4-5-11-26)27(21)16-8-6-14(2)7-9-16/h6-9,12H,3-5,10-11,13H2,1-2H3. The van der Waals surface area contributed by atoms with E-state index in [9.17, 15) is 4.79 Å². The maximum absolute atomic E-state index is 12.5. The summed E-state index contributed by atoms with van der Waals surface area (Å²) >= 11 is 3.01. The normalized spacial score (nSPS) is 14.1. The number of aryl methyl sites for hydroxylation is 2. The summed E-state index contributed by atoms with van der Waals surface area (Å²) < 4.78 is 3.50. The van der Waals surface area contributed by atoms with Crippen LogP contribution in [0.5, 0.6) is 0 Å². The third-order valence-electron chi connectivity index (χ3n) is 5.29. The summed E-state index contributed by atoms with van der Waals surface area (Å²) in [6, 6.07) is 9.96. The minimum atomic E-state index is -0.144. The van der Waals surface area contributed by atoms with Gasteiger partial charge in [0.1, 0.15) is 5.01 Å². The van der Waals surface area contributed by atoms with Crippen LogP contribution < -0.4 is 10.5 Å². The van der Waals surface area contributed by atoms with Gasteiger partial charge in [-0.3, -0.25) is 9.36 Å². The molecule has 0 spiro atoms. The van der Waals surface area contributed by atoms with Crippen molar-refractivity contribution in [1.82, 2.24) is 29.4 Å². The van der Waals surface area contributed by atoms with E-state index >= 15 is 0 Å². The molecular weight excluding hydrogens is 430 g/mol. The van der Waals surface area contributed by atoms with Crippen molar-refractivity contribution >= 4 is 34.0 Å². The number of hydrogen-bond donors (Lipinski definition) is 0. The average molecular weight is 454 g/mol. The maximum atomic E-state index is 12.5. The van der Waals surface area contributed by atoms with E-state index in [1.54, 1.807) is 17.8 Å². The third kappa shape index (κ3) is 3.97. The fourth-order valence-corrected chi connectivity index (χ4v) is 5.35. The van der Waals surface area contributed by atoms with E-state index in [2.05, 4.69) is 60.9 Å². The highest BCUT2D eigenvalue weighted by Gasteiger charge is 2.22. The van der Waals surface area contributed by atoms with Gasteiger partial charge in [-0.2, -0.15) is 9.61 Å². The molecule has 0 amide bonds. The van der Waals surface area contributed by atoms with Gasteiger partial charge in [-0.05, 0) is 38.3 Å². The Morgan fingerprint density at radius 3 is 2.65 bits per heavy atom. The van der Waals surface area contributed by atoms with Crippen molar-refractivity contribution in [1.29, 1.82) is 0 Å². The highest BCUT2D eigenvalue weighted by atomic mass is 32.2. The number of hydrogen-bond acceptors (Lipinski definition) is 8. The molecule has 4 aromatic rings. The zero-order valence-corrected chi connectivity index (χ0v) is 19.1. The van der Waals surface area contributed by atoms with Gasteiger partial charge in [0.05, 0.1) is 11.4 Å². The van der Waals surface area contributed by atoms with Crippen LogP contribution in [0, 0.1) is 6.92 Å². The van der Waals surface area contributed by atoms with Gasteiger partial charge >= 0.3 is 0 Å². The first-order valence-electron chi connectivity index (χ1n) is 10.4. The minimum Gasteiger partial charge on any atom is -0.341 e. The number of aromatic nitrogens is 6. The largest absolute Gasteiger partial charge is 0.341 e. The number of anilines is 1. The Hall–Kier alpha value is -2.72. The van der Waals surface area contributed by atoms with E-state index in [1.807, 2.05) is 6.92 Å². The molecule has 0 saturated carbocycles. The quantitative estimate of drug-likeness (QED) is 0.413. The van der Waals surface area contributed by atoms with Crippen molar-refractivity contribution in [3.8, 4) is 5.69 Å². The van der Waals surface area contributed by atoms with Gasteiger partial charge in [0.25, 0.3) is 5.56 Å². The topological polar surface area (TPSA) is 81.2 Å². The van der Waals surface area contributed by atoms with Crippen molar-refractivity contribution < 1.29 is 0 Å². The number of nitrogens with zero attached hydrogens (tertiary/aromatic N) is 7. The summed E-state index contributed by atoms with van der Waals surface area (Å²) in [5, 5.41) is 15.0. The van der Waals surface area contributed by atoms with Gasteiger partial charge in [0.15, 0.2) is 5.16 Å². The molecule has 0 atom stereocenters. The van der Waals surface area contributed by atoms with Crippen LogP contribution in [-0.4, -0.2) is 42.5 Å². The molecule has 5 rings (SSSR count). The van der Waals surface area contributed by atoms with Crippen molar-refractivity contribution in [3.63, 3.8) is 0 Å². The monoisotopic (exact) mass is 453 g/mol. The Morgan fingerprint density at radius 1 is 1.13 bits per heavy atom. The molecule has 1 aliphatic heterocycles. The van der Waals surface area contributed by atoms with Gasteiger partial charge < -0.3 is 4.90 Å². The first-order chi connectivity index (χ1) is 15.1. The van der Waals surface area contributed by atoms with E-state index in [1.165, 1.54) is 34.3 Å². The molecule has 31 heavy (non-hydrogen) atoms. The Morgan fingerprint density at radius 2 is 1.90 bits per heavy atom. The van der Waals surface area contributed by atoms with Crippen molar-refractivity contribution in [3.05, 3.63) is 57.0 Å². The SMILES string of the molecule is CCc1nn2c(=O)cc(CSc3nnc(N4CCCC4)n3-c3ccc(C)cc3)nc2s1. The smallest absolute Gasteiger partial charge is 0.275 e. The molecule has 0 aliphatic carbocycles. The first-order valence-corrected chi connectivity index (χ1v) is 12.2. The van der Waals surface area contributed by atoms with Crippen molar-refractivity contribution in [2.24, 2.45) is 0 Å². The second kappa shape index (κ2) is 8.43. The first kappa shape index (κ1) is 20.2. The van der Waals surface area contributed by atoms with Crippen LogP contribution in [0.2, 0.25) is 0 Å². The second-order valence-electron chi connectivity index (χ2n) is 7.57. The van der Waals surface area contributed by atoms with E-state index in [0.717, 1.165) is 47.0 Å². The van der Waals surface area contributed by atoms with Crippen molar-refractivity contribution in [2.45, 2.75) is 44.0 Å². The fourth-order valence-electron chi connectivity index (χ4n) is 3.65. The Labute approximate surface area is 188 Å². The van der Waals surface area contributed by atoms with E-state index in [4.69, 9.17) is 0 Å².